The van der Waals surface area contributed by atoms with Crippen LogP contribution in [-0.2, 0) is 0 Å². The van der Waals surface area contributed by atoms with E-state index in [1.807, 2.05) is 20.0 Å². The minimum atomic E-state index is 0.190. The Hall–Kier alpha value is -1.16. The van der Waals surface area contributed by atoms with Crippen molar-refractivity contribution in [3.8, 4) is 0 Å². The maximum atomic E-state index is 9.40. The number of aromatic nitrogens is 2. The number of hydrogen-bond acceptors (Lipinski definition) is 4. The summed E-state index contributed by atoms with van der Waals surface area (Å²) >= 11 is 0. The first-order chi connectivity index (χ1) is 7.63. The highest BCUT2D eigenvalue weighted by Crippen LogP contribution is 2.27. The van der Waals surface area contributed by atoms with E-state index in [0.717, 1.165) is 30.2 Å². The Morgan fingerprint density at radius 3 is 2.81 bits per heavy atom. The molecule has 2 unspecified atom stereocenters. The van der Waals surface area contributed by atoms with Crippen LogP contribution in [0, 0.1) is 19.8 Å². The molecule has 1 saturated heterocycles. The third-order valence-electron chi connectivity index (χ3n) is 3.54. The van der Waals surface area contributed by atoms with Crippen molar-refractivity contribution in [2.45, 2.75) is 33.2 Å². The second kappa shape index (κ2) is 4.37. The van der Waals surface area contributed by atoms with Crippen LogP contribution < -0.4 is 4.90 Å². The van der Waals surface area contributed by atoms with Gasteiger partial charge in [-0.3, -0.25) is 4.98 Å². The molecule has 1 aromatic rings. The van der Waals surface area contributed by atoms with Crippen molar-refractivity contribution in [3.05, 3.63) is 17.6 Å². The van der Waals surface area contributed by atoms with E-state index < -0.39 is 0 Å². The lowest BCUT2D eigenvalue weighted by molar-refractivity contribution is 0.244. The summed E-state index contributed by atoms with van der Waals surface area (Å²) in [4.78, 5) is 11.0. The van der Waals surface area contributed by atoms with Crippen molar-refractivity contribution in [2.24, 2.45) is 5.92 Å². The highest BCUT2D eigenvalue weighted by Gasteiger charge is 2.31. The molecule has 2 atom stereocenters. The first-order valence-corrected chi connectivity index (χ1v) is 5.81. The summed E-state index contributed by atoms with van der Waals surface area (Å²) in [6.45, 7) is 7.26. The van der Waals surface area contributed by atoms with E-state index in [-0.39, 0.29) is 12.6 Å². The molecule has 16 heavy (non-hydrogen) atoms. The van der Waals surface area contributed by atoms with Crippen LogP contribution in [0.1, 0.15) is 24.7 Å². The van der Waals surface area contributed by atoms with E-state index in [4.69, 9.17) is 0 Å². The maximum absolute atomic E-state index is 9.40. The normalized spacial score (nSPS) is 25.1. The third kappa shape index (κ3) is 1.89. The lowest BCUT2D eigenvalue weighted by Crippen LogP contribution is -2.35. The van der Waals surface area contributed by atoms with Crippen molar-refractivity contribution in [2.75, 3.05) is 18.1 Å². The molecule has 0 radical (unpaired) electrons. The molecule has 2 rings (SSSR count). The number of nitrogens with zero attached hydrogens (tertiary/aromatic N) is 3. The van der Waals surface area contributed by atoms with E-state index in [9.17, 15) is 5.11 Å². The number of anilines is 1. The molecule has 1 fully saturated rings. The van der Waals surface area contributed by atoms with Crippen molar-refractivity contribution < 1.29 is 5.11 Å². The molecule has 2 heterocycles. The zero-order chi connectivity index (χ0) is 11.7. The first-order valence-electron chi connectivity index (χ1n) is 5.81. The molecule has 0 aromatic carbocycles. The SMILES string of the molecule is Cc1ncc(N2CCC(C)C2CO)nc1C. The topological polar surface area (TPSA) is 49.2 Å². The van der Waals surface area contributed by atoms with E-state index >= 15 is 0 Å². The molecule has 0 bridgehead atoms. The average Bonchev–Trinajstić information content (AvgIpc) is 2.63. The quantitative estimate of drug-likeness (QED) is 0.818. The minimum absolute atomic E-state index is 0.190. The molecule has 88 valence electrons. The van der Waals surface area contributed by atoms with Crippen LogP contribution in [0.15, 0.2) is 6.20 Å². The van der Waals surface area contributed by atoms with E-state index in [0.29, 0.717) is 5.92 Å². The zero-order valence-corrected chi connectivity index (χ0v) is 10.1. The van der Waals surface area contributed by atoms with Gasteiger partial charge in [0.15, 0.2) is 0 Å². The van der Waals surface area contributed by atoms with Gasteiger partial charge < -0.3 is 10.0 Å². The molecular weight excluding hydrogens is 202 g/mol. The van der Waals surface area contributed by atoms with Gasteiger partial charge in [0.25, 0.3) is 0 Å². The largest absolute Gasteiger partial charge is 0.394 e. The van der Waals surface area contributed by atoms with Crippen molar-refractivity contribution in [1.82, 2.24) is 9.97 Å². The molecule has 1 N–H and O–H groups in total. The standard InChI is InChI=1S/C12H19N3O/c1-8-4-5-15(11(8)7-16)12-6-13-9(2)10(3)14-12/h6,8,11,16H,4-5,7H2,1-3H3. The number of aliphatic hydroxyl groups is 1. The van der Waals surface area contributed by atoms with Crippen molar-refractivity contribution >= 4 is 5.82 Å². The van der Waals surface area contributed by atoms with E-state index in [1.54, 1.807) is 0 Å². The number of aliphatic hydroxyl groups excluding tert-OH is 1. The molecule has 0 aliphatic carbocycles. The fourth-order valence-corrected chi connectivity index (χ4v) is 2.24. The molecule has 0 amide bonds. The molecular formula is C12H19N3O. The van der Waals surface area contributed by atoms with Gasteiger partial charge in [0.2, 0.25) is 0 Å². The summed E-state index contributed by atoms with van der Waals surface area (Å²) in [6, 6.07) is 0.191. The third-order valence-corrected chi connectivity index (χ3v) is 3.54. The van der Waals surface area contributed by atoms with Gasteiger partial charge in [-0.2, -0.15) is 0 Å². The fourth-order valence-electron chi connectivity index (χ4n) is 2.24. The van der Waals surface area contributed by atoms with Gasteiger partial charge in [-0.05, 0) is 26.2 Å². The van der Waals surface area contributed by atoms with E-state index in [2.05, 4.69) is 21.8 Å². The summed E-state index contributed by atoms with van der Waals surface area (Å²) in [5.74, 6) is 1.42. The average molecular weight is 221 g/mol. The van der Waals surface area contributed by atoms with Crippen LogP contribution in [0.2, 0.25) is 0 Å². The number of rotatable bonds is 2. The summed E-state index contributed by atoms with van der Waals surface area (Å²) in [5.41, 5.74) is 1.94. The summed E-state index contributed by atoms with van der Waals surface area (Å²) in [7, 11) is 0. The summed E-state index contributed by atoms with van der Waals surface area (Å²) in [5, 5.41) is 9.40. The fraction of sp³-hybridized carbons (Fsp3) is 0.667. The summed E-state index contributed by atoms with van der Waals surface area (Å²) < 4.78 is 0. The van der Waals surface area contributed by atoms with Gasteiger partial charge in [0.1, 0.15) is 5.82 Å². The van der Waals surface area contributed by atoms with Crippen molar-refractivity contribution in [1.29, 1.82) is 0 Å². The van der Waals surface area contributed by atoms with Crippen LogP contribution >= 0.6 is 0 Å². The lowest BCUT2D eigenvalue weighted by Gasteiger charge is -2.26. The van der Waals surface area contributed by atoms with Gasteiger partial charge in [0.05, 0.1) is 30.2 Å². The zero-order valence-electron chi connectivity index (χ0n) is 10.1. The predicted octanol–water partition coefficient (Wildman–Crippen LogP) is 1.30. The van der Waals surface area contributed by atoms with Crippen LogP contribution in [-0.4, -0.2) is 34.3 Å². The Morgan fingerprint density at radius 1 is 1.44 bits per heavy atom. The van der Waals surface area contributed by atoms with Gasteiger partial charge in [-0.25, -0.2) is 4.98 Å². The Labute approximate surface area is 96.3 Å². The number of aryl methyl sites for hydroxylation is 2. The molecule has 1 aliphatic heterocycles. The van der Waals surface area contributed by atoms with E-state index in [1.165, 1.54) is 0 Å². The van der Waals surface area contributed by atoms with Crippen LogP contribution in [0.3, 0.4) is 0 Å². The lowest BCUT2D eigenvalue weighted by atomic mass is 10.0. The minimum Gasteiger partial charge on any atom is -0.394 e. The maximum Gasteiger partial charge on any atom is 0.147 e. The van der Waals surface area contributed by atoms with Gasteiger partial charge in [0, 0.05) is 6.54 Å². The molecule has 0 spiro atoms. The Balaban J connectivity index is 2.27. The van der Waals surface area contributed by atoms with Gasteiger partial charge in [-0.15, -0.1) is 0 Å². The molecule has 0 saturated carbocycles. The van der Waals surface area contributed by atoms with Crippen LogP contribution in [0.4, 0.5) is 5.82 Å². The smallest absolute Gasteiger partial charge is 0.147 e. The highest BCUT2D eigenvalue weighted by atomic mass is 16.3. The molecule has 1 aliphatic rings. The molecule has 1 aromatic heterocycles. The van der Waals surface area contributed by atoms with Crippen LogP contribution in [0.25, 0.3) is 0 Å². The molecule has 4 nitrogen and oxygen atoms in total. The van der Waals surface area contributed by atoms with Crippen molar-refractivity contribution in [3.63, 3.8) is 0 Å². The Kier molecular flexibility index (Phi) is 3.10. The Bertz CT molecular complexity index is 381. The number of hydrogen-bond donors (Lipinski definition) is 1. The van der Waals surface area contributed by atoms with Gasteiger partial charge >= 0.3 is 0 Å². The highest BCUT2D eigenvalue weighted by molar-refractivity contribution is 5.40. The predicted molar refractivity (Wildman–Crippen MR) is 63.5 cm³/mol. The van der Waals surface area contributed by atoms with Gasteiger partial charge in [-0.1, -0.05) is 6.92 Å². The monoisotopic (exact) mass is 221 g/mol. The second-order valence-electron chi connectivity index (χ2n) is 4.61. The first kappa shape index (κ1) is 11.3. The second-order valence-corrected chi connectivity index (χ2v) is 4.61. The summed E-state index contributed by atoms with van der Waals surface area (Å²) in [6.07, 6.45) is 2.92. The Morgan fingerprint density at radius 2 is 2.19 bits per heavy atom. The van der Waals surface area contributed by atoms with Crippen LogP contribution in [0.5, 0.6) is 0 Å². The molecule has 4 heteroatoms.